The molecular weight excluding hydrogens is 358 g/mol. The van der Waals surface area contributed by atoms with E-state index >= 15 is 0 Å². The van der Waals surface area contributed by atoms with Gasteiger partial charge in [0.1, 0.15) is 12.4 Å². The molecule has 8 nitrogen and oxygen atoms in total. The van der Waals surface area contributed by atoms with Crippen molar-refractivity contribution in [2.24, 2.45) is 16.1 Å². The normalized spacial score (nSPS) is 18.8. The van der Waals surface area contributed by atoms with Gasteiger partial charge in [-0.3, -0.25) is 9.59 Å². The van der Waals surface area contributed by atoms with Crippen LogP contribution in [0.5, 0.6) is 0 Å². The molecule has 1 aliphatic heterocycles. The summed E-state index contributed by atoms with van der Waals surface area (Å²) >= 11 is 0. The van der Waals surface area contributed by atoms with Crippen LogP contribution in [0, 0.1) is 25.2 Å². The largest absolute Gasteiger partial charge is 0.464 e. The van der Waals surface area contributed by atoms with Crippen molar-refractivity contribution in [3.8, 4) is 12.3 Å². The number of carbonyl (C=O) groups excluding carboxylic acids is 2. The Morgan fingerprint density at radius 3 is 2.86 bits per heavy atom. The standard InChI is InChI=1S/C20H27N5O3/c1-4-5-8-20(23-24-20)9-10-21-19(27)16-6-7-18-17(13-16)22-14(2)25(18)11-12-28-15(3)26/h1,16H,5-13H2,2-3H3,(H,21,27). The van der Waals surface area contributed by atoms with Crippen LogP contribution in [-0.2, 0) is 33.7 Å². The summed E-state index contributed by atoms with van der Waals surface area (Å²) in [6.45, 7) is 4.83. The maximum absolute atomic E-state index is 12.6. The molecule has 1 aromatic rings. The first-order valence-corrected chi connectivity index (χ1v) is 9.77. The number of hydrogen-bond acceptors (Lipinski definition) is 6. The highest BCUT2D eigenvalue weighted by molar-refractivity contribution is 5.79. The minimum atomic E-state index is -0.364. The van der Waals surface area contributed by atoms with Crippen LogP contribution in [0.3, 0.4) is 0 Å². The van der Waals surface area contributed by atoms with E-state index in [1.807, 2.05) is 6.92 Å². The molecule has 150 valence electrons. The SMILES string of the molecule is C#CCCC1(CCNC(=O)C2CCc3c(nc(C)n3CCOC(C)=O)C2)N=N1. The minimum Gasteiger partial charge on any atom is -0.464 e. The zero-order valence-electron chi connectivity index (χ0n) is 16.5. The van der Waals surface area contributed by atoms with E-state index in [-0.39, 0.29) is 23.5 Å². The summed E-state index contributed by atoms with van der Waals surface area (Å²) in [5.41, 5.74) is 1.76. The molecule has 8 heteroatoms. The van der Waals surface area contributed by atoms with Gasteiger partial charge in [-0.05, 0) is 19.8 Å². The second-order valence-electron chi connectivity index (χ2n) is 7.41. The van der Waals surface area contributed by atoms with Crippen LogP contribution in [0.1, 0.15) is 49.8 Å². The van der Waals surface area contributed by atoms with E-state index in [0.717, 1.165) is 36.5 Å². The number of hydrogen-bond donors (Lipinski definition) is 1. The number of fused-ring (bicyclic) bond motifs is 1. The smallest absolute Gasteiger partial charge is 0.302 e. The van der Waals surface area contributed by atoms with Gasteiger partial charge < -0.3 is 14.6 Å². The highest BCUT2D eigenvalue weighted by atomic mass is 16.5. The fourth-order valence-corrected chi connectivity index (χ4v) is 3.76. The molecule has 1 N–H and O–H groups in total. The monoisotopic (exact) mass is 385 g/mol. The van der Waals surface area contributed by atoms with Crippen molar-refractivity contribution >= 4 is 11.9 Å². The van der Waals surface area contributed by atoms with Crippen molar-refractivity contribution in [3.05, 3.63) is 17.2 Å². The van der Waals surface area contributed by atoms with E-state index < -0.39 is 0 Å². The van der Waals surface area contributed by atoms with E-state index in [2.05, 4.69) is 31.0 Å². The van der Waals surface area contributed by atoms with Crippen LogP contribution in [0.4, 0.5) is 0 Å². The molecule has 0 radical (unpaired) electrons. The van der Waals surface area contributed by atoms with Gasteiger partial charge in [-0.15, -0.1) is 12.3 Å². The molecule has 3 rings (SSSR count). The summed E-state index contributed by atoms with van der Waals surface area (Å²) in [7, 11) is 0. The lowest BCUT2D eigenvalue weighted by atomic mass is 9.89. The zero-order valence-corrected chi connectivity index (χ0v) is 16.5. The topological polar surface area (TPSA) is 97.9 Å². The molecule has 0 aromatic carbocycles. The third kappa shape index (κ3) is 4.77. The number of amides is 1. The molecular formula is C20H27N5O3. The summed E-state index contributed by atoms with van der Waals surface area (Å²) in [4.78, 5) is 28.2. The molecule has 0 saturated heterocycles. The van der Waals surface area contributed by atoms with Gasteiger partial charge in [0.2, 0.25) is 5.91 Å². The summed E-state index contributed by atoms with van der Waals surface area (Å²) in [5.74, 6) is 3.21. The highest BCUT2D eigenvalue weighted by Gasteiger charge is 2.39. The Morgan fingerprint density at radius 2 is 2.18 bits per heavy atom. The van der Waals surface area contributed by atoms with Crippen LogP contribution < -0.4 is 5.32 Å². The minimum absolute atomic E-state index is 0.0607. The molecule has 1 unspecified atom stereocenters. The Hall–Kier alpha value is -2.69. The maximum atomic E-state index is 12.6. The summed E-state index contributed by atoms with van der Waals surface area (Å²) < 4.78 is 7.14. The quantitative estimate of drug-likeness (QED) is 0.519. The second-order valence-corrected chi connectivity index (χ2v) is 7.41. The van der Waals surface area contributed by atoms with Gasteiger partial charge in [0.05, 0.1) is 12.2 Å². The molecule has 1 aromatic heterocycles. The number of aryl methyl sites for hydroxylation is 1. The lowest BCUT2D eigenvalue weighted by Crippen LogP contribution is -2.36. The van der Waals surface area contributed by atoms with Crippen LogP contribution in [-0.4, -0.2) is 40.2 Å². The summed E-state index contributed by atoms with van der Waals surface area (Å²) in [6.07, 6.45) is 9.61. The average molecular weight is 385 g/mol. The number of nitrogens with one attached hydrogen (secondary N) is 1. The predicted molar refractivity (Wildman–Crippen MR) is 102 cm³/mol. The van der Waals surface area contributed by atoms with Gasteiger partial charge in [-0.2, -0.15) is 10.2 Å². The van der Waals surface area contributed by atoms with Crippen molar-refractivity contribution in [1.29, 1.82) is 0 Å². The molecule has 1 amide bonds. The Labute approximate surface area is 165 Å². The van der Waals surface area contributed by atoms with Gasteiger partial charge in [-0.1, -0.05) is 0 Å². The van der Waals surface area contributed by atoms with Crippen LogP contribution in [0.2, 0.25) is 0 Å². The number of ether oxygens (including phenoxy) is 1. The first-order valence-electron chi connectivity index (χ1n) is 9.77. The van der Waals surface area contributed by atoms with Gasteiger partial charge in [0, 0.05) is 50.8 Å². The van der Waals surface area contributed by atoms with Gasteiger partial charge in [0.15, 0.2) is 5.66 Å². The second kappa shape index (κ2) is 8.55. The van der Waals surface area contributed by atoms with Crippen molar-refractivity contribution in [2.45, 2.75) is 64.6 Å². The number of imidazole rings is 1. The Balaban J connectivity index is 1.49. The third-order valence-corrected chi connectivity index (χ3v) is 5.38. The van der Waals surface area contributed by atoms with Crippen molar-refractivity contribution < 1.29 is 14.3 Å². The predicted octanol–water partition coefficient (Wildman–Crippen LogP) is 1.94. The molecule has 0 fully saturated rings. The van der Waals surface area contributed by atoms with Crippen molar-refractivity contribution in [2.75, 3.05) is 13.2 Å². The molecule has 2 aliphatic rings. The Morgan fingerprint density at radius 1 is 1.39 bits per heavy atom. The number of nitrogens with zero attached hydrogens (tertiary/aromatic N) is 4. The molecule has 1 atom stereocenters. The van der Waals surface area contributed by atoms with E-state index in [1.165, 1.54) is 6.92 Å². The van der Waals surface area contributed by atoms with Gasteiger partial charge in [-0.25, -0.2) is 4.98 Å². The maximum Gasteiger partial charge on any atom is 0.302 e. The third-order valence-electron chi connectivity index (χ3n) is 5.38. The first kappa shape index (κ1) is 20.1. The van der Waals surface area contributed by atoms with E-state index in [4.69, 9.17) is 11.2 Å². The molecule has 0 spiro atoms. The molecule has 0 bridgehead atoms. The lowest BCUT2D eigenvalue weighted by molar-refractivity contribution is -0.141. The van der Waals surface area contributed by atoms with Gasteiger partial charge in [0.25, 0.3) is 0 Å². The average Bonchev–Trinajstić information content (AvgIpc) is 3.36. The number of rotatable bonds is 9. The molecule has 2 heterocycles. The highest BCUT2D eigenvalue weighted by Crippen LogP contribution is 2.36. The van der Waals surface area contributed by atoms with Crippen LogP contribution >= 0.6 is 0 Å². The first-order chi connectivity index (χ1) is 13.4. The number of esters is 1. The molecule has 1 aliphatic carbocycles. The Bertz CT molecular complexity index is 815. The number of terminal acetylenes is 1. The number of carbonyl (C=O) groups is 2. The fraction of sp³-hybridized carbons (Fsp3) is 0.650. The van der Waals surface area contributed by atoms with E-state index in [9.17, 15) is 9.59 Å². The summed E-state index contributed by atoms with van der Waals surface area (Å²) in [5, 5.41) is 11.2. The fourth-order valence-electron chi connectivity index (χ4n) is 3.76. The van der Waals surface area contributed by atoms with Crippen LogP contribution in [0.25, 0.3) is 0 Å². The molecule has 0 saturated carbocycles. The van der Waals surface area contributed by atoms with Crippen molar-refractivity contribution in [1.82, 2.24) is 14.9 Å². The molecule has 28 heavy (non-hydrogen) atoms. The zero-order chi connectivity index (χ0) is 20.1. The summed E-state index contributed by atoms with van der Waals surface area (Å²) in [6, 6.07) is 0. The van der Waals surface area contributed by atoms with E-state index in [1.54, 1.807) is 0 Å². The lowest BCUT2D eigenvalue weighted by Gasteiger charge is -2.22. The van der Waals surface area contributed by atoms with Crippen molar-refractivity contribution in [3.63, 3.8) is 0 Å². The Kier molecular flexibility index (Phi) is 6.12. The van der Waals surface area contributed by atoms with Crippen LogP contribution in [0.15, 0.2) is 10.2 Å². The number of aromatic nitrogens is 2. The van der Waals surface area contributed by atoms with E-state index in [0.29, 0.717) is 39.0 Å². The van der Waals surface area contributed by atoms with Gasteiger partial charge >= 0.3 is 5.97 Å².